The lowest BCUT2D eigenvalue weighted by molar-refractivity contribution is -0.145. The highest BCUT2D eigenvalue weighted by atomic mass is 16.5. The highest BCUT2D eigenvalue weighted by Crippen LogP contribution is 2.07. The zero-order valence-electron chi connectivity index (χ0n) is 16.1. The standard InChI is InChI=1S/C20H28N2O5/c1-5-6-12-16(19(24)26-4)21-18(23)17(14(2)3)22-20(25)27-13-15-10-8-7-9-11-15/h5,7-11,14,16-17H,1,6,12-13H2,2-4H3,(H,21,23)(H,22,25)/t16-,17-/m0/s1. The highest BCUT2D eigenvalue weighted by Gasteiger charge is 2.29. The van der Waals surface area contributed by atoms with Gasteiger partial charge in [-0.2, -0.15) is 0 Å². The molecule has 0 saturated heterocycles. The number of esters is 1. The summed E-state index contributed by atoms with van der Waals surface area (Å²) in [5.41, 5.74) is 0.841. The number of carbonyl (C=O) groups is 3. The molecule has 0 spiro atoms. The van der Waals surface area contributed by atoms with E-state index in [1.165, 1.54) is 7.11 Å². The van der Waals surface area contributed by atoms with Crippen molar-refractivity contribution in [3.8, 4) is 0 Å². The quantitative estimate of drug-likeness (QED) is 0.483. The Morgan fingerprint density at radius 1 is 1.15 bits per heavy atom. The second kappa shape index (κ2) is 11.7. The summed E-state index contributed by atoms with van der Waals surface area (Å²) in [5, 5.41) is 5.19. The van der Waals surface area contributed by atoms with Crippen molar-refractivity contribution in [2.45, 2.75) is 45.4 Å². The summed E-state index contributed by atoms with van der Waals surface area (Å²) in [6.45, 7) is 7.29. The molecule has 2 atom stereocenters. The molecule has 1 rings (SSSR count). The Bertz CT molecular complexity index is 631. The molecule has 0 aliphatic carbocycles. The third kappa shape index (κ3) is 7.94. The summed E-state index contributed by atoms with van der Waals surface area (Å²) in [4.78, 5) is 36.5. The molecule has 2 amide bonds. The molecule has 0 bridgehead atoms. The molecule has 0 radical (unpaired) electrons. The maximum absolute atomic E-state index is 12.6. The number of allylic oxidation sites excluding steroid dienone is 1. The van der Waals surface area contributed by atoms with Crippen molar-refractivity contribution in [3.05, 3.63) is 48.6 Å². The SMILES string of the molecule is C=CCC[C@H](NC(=O)[C@@H](NC(=O)OCc1ccccc1)C(C)C)C(=O)OC. The summed E-state index contributed by atoms with van der Waals surface area (Å²) in [5.74, 6) is -1.22. The first kappa shape index (κ1) is 22.2. The minimum absolute atomic E-state index is 0.100. The van der Waals surface area contributed by atoms with Gasteiger partial charge in [0.2, 0.25) is 5.91 Å². The van der Waals surface area contributed by atoms with Crippen molar-refractivity contribution >= 4 is 18.0 Å². The molecule has 1 aromatic rings. The van der Waals surface area contributed by atoms with E-state index >= 15 is 0 Å². The number of carbonyl (C=O) groups excluding carboxylic acids is 3. The van der Waals surface area contributed by atoms with E-state index in [-0.39, 0.29) is 12.5 Å². The van der Waals surface area contributed by atoms with Gasteiger partial charge < -0.3 is 20.1 Å². The number of amides is 2. The Kier molecular flexibility index (Phi) is 9.64. The van der Waals surface area contributed by atoms with E-state index in [1.54, 1.807) is 19.9 Å². The van der Waals surface area contributed by atoms with Gasteiger partial charge in [-0.3, -0.25) is 4.79 Å². The first-order valence-electron chi connectivity index (χ1n) is 8.85. The van der Waals surface area contributed by atoms with Crippen LogP contribution in [0.5, 0.6) is 0 Å². The summed E-state index contributed by atoms with van der Waals surface area (Å²) in [6.07, 6.45) is 1.86. The molecule has 0 fully saturated rings. The Labute approximate surface area is 160 Å². The Hall–Kier alpha value is -2.83. The fourth-order valence-electron chi connectivity index (χ4n) is 2.36. The van der Waals surface area contributed by atoms with Crippen LogP contribution < -0.4 is 10.6 Å². The van der Waals surface area contributed by atoms with Crippen molar-refractivity contribution in [1.82, 2.24) is 10.6 Å². The predicted molar refractivity (Wildman–Crippen MR) is 102 cm³/mol. The van der Waals surface area contributed by atoms with Crippen LogP contribution in [0.15, 0.2) is 43.0 Å². The second-order valence-corrected chi connectivity index (χ2v) is 6.38. The molecule has 1 aromatic carbocycles. The van der Waals surface area contributed by atoms with Gasteiger partial charge in [-0.05, 0) is 24.3 Å². The van der Waals surface area contributed by atoms with E-state index in [0.717, 1.165) is 5.56 Å². The maximum atomic E-state index is 12.6. The lowest BCUT2D eigenvalue weighted by Crippen LogP contribution is -2.53. The van der Waals surface area contributed by atoms with Gasteiger partial charge in [0.25, 0.3) is 0 Å². The van der Waals surface area contributed by atoms with Crippen molar-refractivity contribution < 1.29 is 23.9 Å². The number of alkyl carbamates (subject to hydrolysis) is 1. The molecule has 0 aliphatic rings. The molecule has 2 N–H and O–H groups in total. The Morgan fingerprint density at radius 2 is 1.81 bits per heavy atom. The third-order valence-corrected chi connectivity index (χ3v) is 3.90. The van der Waals surface area contributed by atoms with Gasteiger partial charge in [-0.25, -0.2) is 9.59 Å². The molecule has 7 nitrogen and oxygen atoms in total. The maximum Gasteiger partial charge on any atom is 0.408 e. The molecular formula is C20H28N2O5. The number of benzene rings is 1. The van der Waals surface area contributed by atoms with Crippen LogP contribution >= 0.6 is 0 Å². The Morgan fingerprint density at radius 3 is 2.37 bits per heavy atom. The number of nitrogens with one attached hydrogen (secondary N) is 2. The largest absolute Gasteiger partial charge is 0.467 e. The van der Waals surface area contributed by atoms with Crippen LogP contribution in [0.2, 0.25) is 0 Å². The lowest BCUT2D eigenvalue weighted by atomic mass is 10.0. The van der Waals surface area contributed by atoms with Crippen LogP contribution in [0.4, 0.5) is 4.79 Å². The van der Waals surface area contributed by atoms with Gasteiger partial charge in [0, 0.05) is 0 Å². The molecular weight excluding hydrogens is 348 g/mol. The van der Waals surface area contributed by atoms with E-state index < -0.39 is 30.1 Å². The van der Waals surface area contributed by atoms with Gasteiger partial charge in [-0.1, -0.05) is 50.3 Å². The van der Waals surface area contributed by atoms with Crippen LogP contribution in [0.3, 0.4) is 0 Å². The minimum atomic E-state index is -0.843. The lowest BCUT2D eigenvalue weighted by Gasteiger charge is -2.24. The van der Waals surface area contributed by atoms with Crippen LogP contribution in [-0.4, -0.2) is 37.2 Å². The second-order valence-electron chi connectivity index (χ2n) is 6.38. The van der Waals surface area contributed by atoms with Gasteiger partial charge in [-0.15, -0.1) is 6.58 Å². The first-order valence-corrected chi connectivity index (χ1v) is 8.85. The average molecular weight is 376 g/mol. The highest BCUT2D eigenvalue weighted by molar-refractivity contribution is 5.89. The fourth-order valence-corrected chi connectivity index (χ4v) is 2.36. The normalized spacial score (nSPS) is 12.6. The minimum Gasteiger partial charge on any atom is -0.467 e. The number of ether oxygens (including phenoxy) is 2. The molecule has 0 aliphatic heterocycles. The van der Waals surface area contributed by atoms with Crippen molar-refractivity contribution in [2.75, 3.05) is 7.11 Å². The molecule has 0 saturated carbocycles. The number of hydrogen-bond acceptors (Lipinski definition) is 5. The molecule has 7 heteroatoms. The zero-order chi connectivity index (χ0) is 20.2. The summed E-state index contributed by atoms with van der Waals surface area (Å²) >= 11 is 0. The monoisotopic (exact) mass is 376 g/mol. The van der Waals surface area contributed by atoms with E-state index in [9.17, 15) is 14.4 Å². The molecule has 148 valence electrons. The molecule has 0 unspecified atom stereocenters. The van der Waals surface area contributed by atoms with Crippen molar-refractivity contribution in [1.29, 1.82) is 0 Å². The van der Waals surface area contributed by atoms with Crippen LogP contribution in [0.25, 0.3) is 0 Å². The van der Waals surface area contributed by atoms with Gasteiger partial charge in [0.1, 0.15) is 18.7 Å². The first-order chi connectivity index (χ1) is 12.9. The van der Waals surface area contributed by atoms with E-state index in [2.05, 4.69) is 17.2 Å². The topological polar surface area (TPSA) is 93.7 Å². The summed E-state index contributed by atoms with van der Waals surface area (Å²) < 4.78 is 9.88. The van der Waals surface area contributed by atoms with Gasteiger partial charge in [0.05, 0.1) is 7.11 Å². The van der Waals surface area contributed by atoms with Crippen molar-refractivity contribution in [3.63, 3.8) is 0 Å². The molecule has 0 aromatic heterocycles. The van der Waals surface area contributed by atoms with Crippen LogP contribution in [0.1, 0.15) is 32.3 Å². The fraction of sp³-hybridized carbons (Fsp3) is 0.450. The average Bonchev–Trinajstić information content (AvgIpc) is 2.67. The number of rotatable bonds is 10. The number of hydrogen-bond donors (Lipinski definition) is 2. The van der Waals surface area contributed by atoms with Crippen LogP contribution in [-0.2, 0) is 25.7 Å². The van der Waals surface area contributed by atoms with E-state index in [0.29, 0.717) is 12.8 Å². The zero-order valence-corrected chi connectivity index (χ0v) is 16.1. The van der Waals surface area contributed by atoms with Crippen LogP contribution in [0, 0.1) is 5.92 Å². The molecule has 0 heterocycles. The van der Waals surface area contributed by atoms with Gasteiger partial charge >= 0.3 is 12.1 Å². The summed E-state index contributed by atoms with van der Waals surface area (Å²) in [6, 6.07) is 7.58. The van der Waals surface area contributed by atoms with Crippen molar-refractivity contribution in [2.24, 2.45) is 5.92 Å². The third-order valence-electron chi connectivity index (χ3n) is 3.90. The summed E-state index contributed by atoms with van der Waals surface area (Å²) in [7, 11) is 1.26. The molecule has 27 heavy (non-hydrogen) atoms. The smallest absolute Gasteiger partial charge is 0.408 e. The van der Waals surface area contributed by atoms with Gasteiger partial charge in [0.15, 0.2) is 0 Å². The predicted octanol–water partition coefficient (Wildman–Crippen LogP) is 2.56. The Balaban J connectivity index is 2.66. The van der Waals surface area contributed by atoms with E-state index in [1.807, 2.05) is 30.3 Å². The van der Waals surface area contributed by atoms with E-state index in [4.69, 9.17) is 9.47 Å². The number of methoxy groups -OCH3 is 1.